The maximum atomic E-state index is 6.22. The van der Waals surface area contributed by atoms with Gasteiger partial charge in [-0.05, 0) is 56.6 Å². The minimum Gasteiger partial charge on any atom is -0.488 e. The number of benzene rings is 2. The van der Waals surface area contributed by atoms with Crippen LogP contribution in [0, 0.1) is 6.92 Å². The number of anilines is 1. The van der Waals surface area contributed by atoms with E-state index in [0.717, 1.165) is 53.4 Å². The van der Waals surface area contributed by atoms with Crippen LogP contribution in [0.5, 0.6) is 5.75 Å². The first-order valence-electron chi connectivity index (χ1n) is 11.1. The number of fused-ring (bicyclic) bond motifs is 1. The van der Waals surface area contributed by atoms with Gasteiger partial charge in [0.15, 0.2) is 17.3 Å². The minimum absolute atomic E-state index is 0.346. The summed E-state index contributed by atoms with van der Waals surface area (Å²) in [5.41, 5.74) is 3.92. The summed E-state index contributed by atoms with van der Waals surface area (Å²) in [5.74, 6) is 2.22. The van der Waals surface area contributed by atoms with Crippen molar-refractivity contribution in [3.05, 3.63) is 72.1 Å². The van der Waals surface area contributed by atoms with Crippen LogP contribution < -0.4 is 10.1 Å². The molecule has 7 nitrogen and oxygen atoms in total. The summed E-state index contributed by atoms with van der Waals surface area (Å²) in [5, 5.41) is 12.7. The Labute approximate surface area is 188 Å². The second-order valence-electron chi connectivity index (χ2n) is 8.51. The predicted octanol–water partition coefficient (Wildman–Crippen LogP) is 4.18. The van der Waals surface area contributed by atoms with E-state index in [4.69, 9.17) is 4.74 Å². The van der Waals surface area contributed by atoms with Crippen molar-refractivity contribution in [3.8, 4) is 17.1 Å². The Morgan fingerprint density at radius 2 is 2.00 bits per heavy atom. The number of likely N-dealkylation sites (N-methyl/N-ethyl adjacent to an activating group) is 1. The average molecular weight is 429 g/mol. The second-order valence-corrected chi connectivity index (χ2v) is 8.51. The van der Waals surface area contributed by atoms with E-state index in [2.05, 4.69) is 57.6 Å². The van der Waals surface area contributed by atoms with Crippen molar-refractivity contribution in [1.29, 1.82) is 0 Å². The predicted molar refractivity (Wildman–Crippen MR) is 126 cm³/mol. The lowest BCUT2D eigenvalue weighted by atomic mass is 10.1. The zero-order valence-corrected chi connectivity index (χ0v) is 18.5. The molecule has 7 heteroatoms. The van der Waals surface area contributed by atoms with Gasteiger partial charge in [0.2, 0.25) is 0 Å². The number of nitrogens with one attached hydrogen (secondary N) is 1. The number of ether oxygens (including phenoxy) is 1. The Morgan fingerprint density at radius 3 is 2.84 bits per heavy atom. The van der Waals surface area contributed by atoms with Gasteiger partial charge in [-0.15, -0.1) is 10.2 Å². The van der Waals surface area contributed by atoms with Crippen LogP contribution in [0.15, 0.2) is 60.9 Å². The summed E-state index contributed by atoms with van der Waals surface area (Å²) in [4.78, 5) is 6.92. The minimum atomic E-state index is 0.346. The maximum absolute atomic E-state index is 6.22. The highest BCUT2D eigenvalue weighted by Gasteiger charge is 2.21. The third kappa shape index (κ3) is 4.29. The van der Waals surface area contributed by atoms with Gasteiger partial charge >= 0.3 is 0 Å². The van der Waals surface area contributed by atoms with E-state index in [-0.39, 0.29) is 0 Å². The third-order valence-electron chi connectivity index (χ3n) is 5.91. The zero-order chi connectivity index (χ0) is 21.9. The SMILES string of the molecule is Cc1ccc(-c2nnc(N[C@@H]3CCCN(C)C3)c3nccn23)c(OCc2ccccc2)c1. The molecule has 1 atom stereocenters. The molecule has 0 amide bonds. The number of rotatable bonds is 6. The molecule has 2 aromatic carbocycles. The largest absolute Gasteiger partial charge is 0.488 e. The van der Waals surface area contributed by atoms with E-state index in [0.29, 0.717) is 18.5 Å². The Morgan fingerprint density at radius 1 is 1.12 bits per heavy atom. The molecule has 3 heterocycles. The molecule has 0 unspecified atom stereocenters. The van der Waals surface area contributed by atoms with Crippen LogP contribution in [0.2, 0.25) is 0 Å². The van der Waals surface area contributed by atoms with Crippen LogP contribution in [0.25, 0.3) is 17.0 Å². The Balaban J connectivity index is 1.47. The van der Waals surface area contributed by atoms with Crippen molar-refractivity contribution in [2.75, 3.05) is 25.5 Å². The topological polar surface area (TPSA) is 67.6 Å². The zero-order valence-electron chi connectivity index (χ0n) is 18.5. The van der Waals surface area contributed by atoms with Crippen LogP contribution in [0.1, 0.15) is 24.0 Å². The molecule has 0 aliphatic carbocycles. The van der Waals surface area contributed by atoms with Gasteiger partial charge in [0, 0.05) is 25.0 Å². The van der Waals surface area contributed by atoms with Gasteiger partial charge in [-0.3, -0.25) is 4.40 Å². The van der Waals surface area contributed by atoms with Crippen LogP contribution in [-0.4, -0.2) is 50.7 Å². The molecule has 1 aliphatic rings. The first-order valence-corrected chi connectivity index (χ1v) is 11.1. The number of imidazole rings is 1. The highest BCUT2D eigenvalue weighted by Crippen LogP contribution is 2.31. The smallest absolute Gasteiger partial charge is 0.192 e. The molecular formula is C25H28N6O. The number of aromatic nitrogens is 4. The van der Waals surface area contributed by atoms with Crippen molar-refractivity contribution < 1.29 is 4.74 Å². The molecule has 0 spiro atoms. The van der Waals surface area contributed by atoms with Gasteiger partial charge in [0.1, 0.15) is 12.4 Å². The number of hydrogen-bond acceptors (Lipinski definition) is 6. The molecule has 0 saturated carbocycles. The first kappa shape index (κ1) is 20.5. The van der Waals surface area contributed by atoms with Crippen molar-refractivity contribution in [2.24, 2.45) is 0 Å². The van der Waals surface area contributed by atoms with Crippen LogP contribution in [-0.2, 0) is 6.61 Å². The quantitative estimate of drug-likeness (QED) is 0.497. The summed E-state index contributed by atoms with van der Waals surface area (Å²) >= 11 is 0. The molecule has 4 aromatic rings. The fraction of sp³-hybridized carbons (Fsp3) is 0.320. The number of likely N-dealkylation sites (tertiary alicyclic amines) is 1. The van der Waals surface area contributed by atoms with Crippen LogP contribution in [0.3, 0.4) is 0 Å². The third-order valence-corrected chi connectivity index (χ3v) is 5.91. The molecule has 164 valence electrons. The lowest BCUT2D eigenvalue weighted by Gasteiger charge is -2.30. The Kier molecular flexibility index (Phi) is 5.73. The van der Waals surface area contributed by atoms with E-state index >= 15 is 0 Å². The van der Waals surface area contributed by atoms with Gasteiger partial charge in [-0.1, -0.05) is 36.4 Å². The lowest BCUT2D eigenvalue weighted by molar-refractivity contribution is 0.260. The second kappa shape index (κ2) is 8.96. The van der Waals surface area contributed by atoms with Crippen molar-refractivity contribution >= 4 is 11.5 Å². The van der Waals surface area contributed by atoms with Gasteiger partial charge in [0.25, 0.3) is 0 Å². The van der Waals surface area contributed by atoms with Crippen molar-refractivity contribution in [3.63, 3.8) is 0 Å². The molecule has 1 fully saturated rings. The summed E-state index contributed by atoms with van der Waals surface area (Å²) < 4.78 is 8.21. The molecule has 2 aromatic heterocycles. The van der Waals surface area contributed by atoms with E-state index in [1.54, 1.807) is 6.20 Å². The van der Waals surface area contributed by atoms with E-state index in [9.17, 15) is 0 Å². The number of nitrogens with zero attached hydrogens (tertiary/aromatic N) is 5. The molecule has 5 rings (SSSR count). The van der Waals surface area contributed by atoms with Gasteiger partial charge in [-0.2, -0.15) is 0 Å². The molecule has 32 heavy (non-hydrogen) atoms. The normalized spacial score (nSPS) is 16.9. The molecule has 1 aliphatic heterocycles. The highest BCUT2D eigenvalue weighted by atomic mass is 16.5. The van der Waals surface area contributed by atoms with Crippen LogP contribution in [0.4, 0.5) is 5.82 Å². The Bertz CT molecular complexity index is 1210. The number of hydrogen-bond donors (Lipinski definition) is 1. The lowest BCUT2D eigenvalue weighted by Crippen LogP contribution is -2.40. The molecule has 1 saturated heterocycles. The molecule has 1 N–H and O–H groups in total. The van der Waals surface area contributed by atoms with Gasteiger partial charge < -0.3 is 15.0 Å². The van der Waals surface area contributed by atoms with Crippen molar-refractivity contribution in [2.45, 2.75) is 32.4 Å². The van der Waals surface area contributed by atoms with E-state index in [1.807, 2.05) is 40.9 Å². The summed E-state index contributed by atoms with van der Waals surface area (Å²) in [6.45, 7) is 4.69. The summed E-state index contributed by atoms with van der Waals surface area (Å²) in [7, 11) is 2.15. The fourth-order valence-electron chi connectivity index (χ4n) is 4.26. The molecule has 0 bridgehead atoms. The van der Waals surface area contributed by atoms with Crippen LogP contribution >= 0.6 is 0 Å². The number of aryl methyl sites for hydroxylation is 1. The fourth-order valence-corrected chi connectivity index (χ4v) is 4.26. The van der Waals surface area contributed by atoms with E-state index < -0.39 is 0 Å². The van der Waals surface area contributed by atoms with E-state index in [1.165, 1.54) is 6.42 Å². The monoisotopic (exact) mass is 428 g/mol. The standard InChI is InChI=1S/C25H28N6O/c1-18-10-11-21(22(15-18)32-17-19-7-4-3-5-8-19)24-29-28-23(25-26-12-14-31(24)25)27-20-9-6-13-30(2)16-20/h3-5,7-8,10-12,14-15,20H,6,9,13,16-17H2,1-2H3,(H,27,28)/t20-/m1/s1. The highest BCUT2D eigenvalue weighted by molar-refractivity contribution is 5.71. The Hall–Kier alpha value is -3.45. The van der Waals surface area contributed by atoms with Gasteiger partial charge in [0.05, 0.1) is 5.56 Å². The molecular weight excluding hydrogens is 400 g/mol. The first-order chi connectivity index (χ1) is 15.7. The van der Waals surface area contributed by atoms with Gasteiger partial charge in [-0.25, -0.2) is 4.98 Å². The van der Waals surface area contributed by atoms with Crippen molar-refractivity contribution in [1.82, 2.24) is 24.5 Å². The molecule has 0 radical (unpaired) electrons. The number of piperidine rings is 1. The average Bonchev–Trinajstić information content (AvgIpc) is 3.30. The summed E-state index contributed by atoms with van der Waals surface area (Å²) in [6, 6.07) is 16.7. The summed E-state index contributed by atoms with van der Waals surface area (Å²) in [6.07, 6.45) is 6.02. The maximum Gasteiger partial charge on any atom is 0.192 e.